The Hall–Kier alpha value is -1.77. The monoisotopic (exact) mass is 190 g/mol. The molecule has 3 heteroatoms. The molecule has 0 spiro atoms. The molecule has 0 heterocycles. The van der Waals surface area contributed by atoms with Gasteiger partial charge in [-0.2, -0.15) is 0 Å². The number of amides is 1. The van der Waals surface area contributed by atoms with E-state index in [4.69, 9.17) is 0 Å². The van der Waals surface area contributed by atoms with Crippen LogP contribution in [0.3, 0.4) is 0 Å². The molecule has 0 radical (unpaired) electrons. The zero-order valence-corrected chi connectivity index (χ0v) is 8.37. The Kier molecular flexibility index (Phi) is 3.73. The predicted molar refractivity (Wildman–Crippen MR) is 57.5 cm³/mol. The normalized spacial score (nSPS) is 13.4. The minimum absolute atomic E-state index is 0.665. The number of carbonyl (C=O) groups excluding carboxylic acids is 1. The van der Waals surface area contributed by atoms with Crippen LogP contribution in [0.5, 0.6) is 0 Å². The van der Waals surface area contributed by atoms with Crippen LogP contribution in [0.25, 0.3) is 11.9 Å². The smallest absolute Gasteiger partial charge is 0.212 e. The third-order valence-electron chi connectivity index (χ3n) is 1.99. The SMILES string of the molecule is C/C=c1/cccc/c1=C(\NC)NC=O. The molecule has 3 nitrogen and oxygen atoms in total. The van der Waals surface area contributed by atoms with Gasteiger partial charge in [0.25, 0.3) is 0 Å². The van der Waals surface area contributed by atoms with Gasteiger partial charge < -0.3 is 10.6 Å². The van der Waals surface area contributed by atoms with E-state index in [0.717, 1.165) is 10.4 Å². The van der Waals surface area contributed by atoms with E-state index in [0.29, 0.717) is 12.2 Å². The van der Waals surface area contributed by atoms with E-state index in [2.05, 4.69) is 10.6 Å². The minimum Gasteiger partial charge on any atom is -0.374 e. The standard InChI is InChI=1S/C11H14N2O/c1-3-9-6-4-5-7-10(9)11(12-2)13-8-14/h3-8,12H,1-2H3,(H,13,14)/b9-3-,11-10-. The molecule has 74 valence electrons. The highest BCUT2D eigenvalue weighted by Gasteiger charge is 1.93. The molecule has 14 heavy (non-hydrogen) atoms. The average molecular weight is 190 g/mol. The van der Waals surface area contributed by atoms with Crippen LogP contribution in [-0.2, 0) is 4.79 Å². The van der Waals surface area contributed by atoms with Crippen molar-refractivity contribution in [1.29, 1.82) is 0 Å². The largest absolute Gasteiger partial charge is 0.374 e. The van der Waals surface area contributed by atoms with Crippen molar-refractivity contribution in [3.05, 3.63) is 34.7 Å². The van der Waals surface area contributed by atoms with Gasteiger partial charge in [0.05, 0.1) is 0 Å². The van der Waals surface area contributed by atoms with Crippen LogP contribution in [0.1, 0.15) is 6.92 Å². The maximum absolute atomic E-state index is 10.4. The van der Waals surface area contributed by atoms with Crippen LogP contribution in [0.4, 0.5) is 0 Å². The van der Waals surface area contributed by atoms with Gasteiger partial charge in [-0.15, -0.1) is 0 Å². The summed E-state index contributed by atoms with van der Waals surface area (Å²) in [6.07, 6.45) is 2.66. The second-order valence-electron chi connectivity index (χ2n) is 2.76. The third-order valence-corrected chi connectivity index (χ3v) is 1.99. The molecule has 0 aliphatic heterocycles. The fraction of sp³-hybridized carbons (Fsp3) is 0.182. The van der Waals surface area contributed by atoms with Crippen molar-refractivity contribution in [2.24, 2.45) is 0 Å². The van der Waals surface area contributed by atoms with E-state index in [1.807, 2.05) is 37.3 Å². The van der Waals surface area contributed by atoms with Gasteiger partial charge in [-0.25, -0.2) is 0 Å². The molecule has 0 saturated heterocycles. The molecular formula is C11H14N2O. The van der Waals surface area contributed by atoms with Crippen molar-refractivity contribution in [3.8, 4) is 0 Å². The van der Waals surface area contributed by atoms with E-state index in [9.17, 15) is 4.79 Å². The molecular weight excluding hydrogens is 176 g/mol. The van der Waals surface area contributed by atoms with Crippen molar-refractivity contribution in [3.63, 3.8) is 0 Å². The maximum atomic E-state index is 10.4. The minimum atomic E-state index is 0.665. The molecule has 1 aromatic rings. The zero-order valence-electron chi connectivity index (χ0n) is 8.37. The van der Waals surface area contributed by atoms with Gasteiger partial charge in [-0.1, -0.05) is 30.3 Å². The second kappa shape index (κ2) is 5.07. The predicted octanol–water partition coefficient (Wildman–Crippen LogP) is -0.482. The van der Waals surface area contributed by atoms with E-state index >= 15 is 0 Å². The topological polar surface area (TPSA) is 41.1 Å². The summed E-state index contributed by atoms with van der Waals surface area (Å²) in [6, 6.07) is 7.86. The first kappa shape index (κ1) is 10.3. The molecule has 0 saturated carbocycles. The average Bonchev–Trinajstić information content (AvgIpc) is 2.26. The Morgan fingerprint density at radius 2 is 2.07 bits per heavy atom. The molecule has 0 fully saturated rings. The van der Waals surface area contributed by atoms with Crippen LogP contribution >= 0.6 is 0 Å². The summed E-state index contributed by atoms with van der Waals surface area (Å²) < 4.78 is 0. The van der Waals surface area contributed by atoms with Gasteiger partial charge >= 0.3 is 0 Å². The van der Waals surface area contributed by atoms with Gasteiger partial charge in [-0.05, 0) is 12.1 Å². The lowest BCUT2D eigenvalue weighted by atomic mass is 10.2. The van der Waals surface area contributed by atoms with Gasteiger partial charge in [0.15, 0.2) is 0 Å². The first-order valence-electron chi connectivity index (χ1n) is 4.47. The Morgan fingerprint density at radius 3 is 2.64 bits per heavy atom. The van der Waals surface area contributed by atoms with Gasteiger partial charge in [0, 0.05) is 12.3 Å². The summed E-state index contributed by atoms with van der Waals surface area (Å²) in [5, 5.41) is 7.66. The number of carbonyl (C=O) groups is 1. The molecule has 1 aromatic carbocycles. The van der Waals surface area contributed by atoms with Crippen molar-refractivity contribution >= 4 is 18.3 Å². The molecule has 0 aliphatic carbocycles. The van der Waals surface area contributed by atoms with Gasteiger partial charge in [0.2, 0.25) is 6.41 Å². The Morgan fingerprint density at radius 1 is 1.36 bits per heavy atom. The fourth-order valence-corrected chi connectivity index (χ4v) is 1.32. The molecule has 1 rings (SSSR count). The Labute approximate surface area is 83.1 Å². The second-order valence-corrected chi connectivity index (χ2v) is 2.76. The summed E-state index contributed by atoms with van der Waals surface area (Å²) in [5.41, 5.74) is 0. The Bertz CT molecular complexity index is 423. The van der Waals surface area contributed by atoms with Crippen LogP contribution in [0, 0.1) is 0 Å². The highest BCUT2D eigenvalue weighted by molar-refractivity contribution is 5.61. The number of rotatable bonds is 3. The number of hydrogen-bond acceptors (Lipinski definition) is 2. The molecule has 0 aromatic heterocycles. The first-order chi connectivity index (χ1) is 6.83. The molecule has 1 amide bonds. The summed E-state index contributed by atoms with van der Waals surface area (Å²) in [4.78, 5) is 10.4. The van der Waals surface area contributed by atoms with Crippen LogP contribution in [0.15, 0.2) is 24.3 Å². The lowest BCUT2D eigenvalue weighted by Crippen LogP contribution is -2.36. The lowest BCUT2D eigenvalue weighted by molar-refractivity contribution is -0.108. The first-order valence-corrected chi connectivity index (χ1v) is 4.47. The fourth-order valence-electron chi connectivity index (χ4n) is 1.32. The zero-order chi connectivity index (χ0) is 10.4. The van der Waals surface area contributed by atoms with Crippen LogP contribution in [-0.4, -0.2) is 13.5 Å². The van der Waals surface area contributed by atoms with E-state index in [1.165, 1.54) is 0 Å². The van der Waals surface area contributed by atoms with Crippen molar-refractivity contribution in [2.75, 3.05) is 7.05 Å². The van der Waals surface area contributed by atoms with Crippen LogP contribution in [0.2, 0.25) is 0 Å². The third kappa shape index (κ3) is 2.13. The van der Waals surface area contributed by atoms with Crippen molar-refractivity contribution in [2.45, 2.75) is 6.92 Å². The molecule has 0 atom stereocenters. The molecule has 0 unspecified atom stereocenters. The van der Waals surface area contributed by atoms with Gasteiger partial charge in [-0.3, -0.25) is 4.79 Å². The highest BCUT2D eigenvalue weighted by Crippen LogP contribution is 1.77. The summed E-state index contributed by atoms with van der Waals surface area (Å²) in [5.74, 6) is 0.716. The van der Waals surface area contributed by atoms with Crippen LogP contribution < -0.4 is 21.1 Å². The summed E-state index contributed by atoms with van der Waals surface area (Å²) in [7, 11) is 1.78. The summed E-state index contributed by atoms with van der Waals surface area (Å²) in [6.45, 7) is 1.97. The number of nitrogens with one attached hydrogen (secondary N) is 2. The molecule has 2 N–H and O–H groups in total. The van der Waals surface area contributed by atoms with Gasteiger partial charge in [0.1, 0.15) is 5.82 Å². The van der Waals surface area contributed by atoms with E-state index < -0.39 is 0 Å². The summed E-state index contributed by atoms with van der Waals surface area (Å²) >= 11 is 0. The van der Waals surface area contributed by atoms with Crippen molar-refractivity contribution < 1.29 is 4.79 Å². The molecule has 0 bridgehead atoms. The lowest BCUT2D eigenvalue weighted by Gasteiger charge is -2.04. The quantitative estimate of drug-likeness (QED) is 0.632. The Balaban J connectivity index is 3.46. The number of benzene rings is 1. The maximum Gasteiger partial charge on any atom is 0.212 e. The van der Waals surface area contributed by atoms with Crippen molar-refractivity contribution in [1.82, 2.24) is 10.6 Å². The van der Waals surface area contributed by atoms with E-state index in [1.54, 1.807) is 7.05 Å². The molecule has 0 aliphatic rings. The van der Waals surface area contributed by atoms with E-state index in [-0.39, 0.29) is 0 Å². The number of hydrogen-bond donors (Lipinski definition) is 2. The highest BCUT2D eigenvalue weighted by atomic mass is 16.1.